The summed E-state index contributed by atoms with van der Waals surface area (Å²) in [6.07, 6.45) is -10.6. The van der Waals surface area contributed by atoms with Crippen LogP contribution in [-0.2, 0) is 59.0 Å². The predicted octanol–water partition coefficient (Wildman–Crippen LogP) is 3.69. The lowest BCUT2D eigenvalue weighted by Gasteiger charge is -2.48. The number of carbonyl (C=O) groups is 4. The summed E-state index contributed by atoms with van der Waals surface area (Å²) >= 11 is 0. The number of anilines is 1. The summed E-state index contributed by atoms with van der Waals surface area (Å²) in [5, 5.41) is 26.7. The van der Waals surface area contributed by atoms with Crippen molar-refractivity contribution in [2.24, 2.45) is 28.1 Å². The topological polar surface area (TPSA) is 202 Å². The number of ketones is 1. The van der Waals surface area contributed by atoms with Crippen LogP contribution >= 0.6 is 0 Å². The summed E-state index contributed by atoms with van der Waals surface area (Å²) in [5.74, 6) is -5.96. The molecule has 4 aromatic rings. The van der Waals surface area contributed by atoms with Gasteiger partial charge in [-0.3, -0.25) is 13.8 Å². The van der Waals surface area contributed by atoms with Gasteiger partial charge in [0.25, 0.3) is 10.1 Å². The summed E-state index contributed by atoms with van der Waals surface area (Å²) < 4.78 is 67.3. The first-order valence-corrected chi connectivity index (χ1v) is 21.8. The largest absolute Gasteiger partial charge is 0.456 e. The highest BCUT2D eigenvalue weighted by atomic mass is 32.2. The van der Waals surface area contributed by atoms with Gasteiger partial charge < -0.3 is 38.8 Å². The molecule has 324 valence electrons. The maximum Gasteiger partial charge on any atom is 0.343 e. The molecule has 4 heterocycles. The number of aliphatic hydroxyl groups is 2. The summed E-state index contributed by atoms with van der Waals surface area (Å²) in [6.45, 7) is 6.38. The number of esters is 3. The van der Waals surface area contributed by atoms with Crippen LogP contribution in [0.4, 0.5) is 5.69 Å². The maximum atomic E-state index is 14.9. The average Bonchev–Trinajstić information content (AvgIpc) is 3.95. The first-order valence-electron chi connectivity index (χ1n) is 20.4. The Hall–Kier alpha value is -5.23. The number of fused-ring (bicyclic) bond motifs is 2. The normalized spacial score (nSPS) is 36.5. The minimum Gasteiger partial charge on any atom is -0.456 e. The van der Waals surface area contributed by atoms with E-state index >= 15 is 0 Å². The van der Waals surface area contributed by atoms with Crippen molar-refractivity contribution in [3.63, 3.8) is 0 Å². The lowest BCUT2D eigenvalue weighted by Crippen LogP contribution is -2.67. The minimum atomic E-state index is -4.81. The molecule has 0 radical (unpaired) electrons. The number of rotatable bonds is 9. The highest BCUT2D eigenvalue weighted by molar-refractivity contribution is 7.87. The summed E-state index contributed by atoms with van der Waals surface area (Å²) in [7, 11) is -1.15. The van der Waals surface area contributed by atoms with Crippen LogP contribution in [0.2, 0.25) is 0 Å². The van der Waals surface area contributed by atoms with Crippen LogP contribution in [0.15, 0.2) is 95.9 Å². The molecule has 6 fully saturated rings. The molecule has 12 atom stereocenters. The number of nitrogens with zero attached hydrogens (tertiary/aromatic N) is 1. The molecule has 6 unspecified atom stereocenters. The van der Waals surface area contributed by atoms with E-state index in [2.05, 4.69) is 0 Å². The number of hydrogen-bond acceptors (Lipinski definition) is 15. The second-order valence-corrected chi connectivity index (χ2v) is 20.1. The molecule has 16 heteroatoms. The van der Waals surface area contributed by atoms with E-state index in [4.69, 9.17) is 27.9 Å². The van der Waals surface area contributed by atoms with Crippen molar-refractivity contribution in [1.82, 2.24) is 0 Å². The van der Waals surface area contributed by atoms with Gasteiger partial charge in [-0.15, -0.1) is 0 Å². The smallest absolute Gasteiger partial charge is 0.343 e. The first kappa shape index (κ1) is 40.8. The average molecular weight is 868 g/mol. The Bertz CT molecular complexity index is 2700. The Morgan fingerprint density at radius 1 is 0.823 bits per heavy atom. The van der Waals surface area contributed by atoms with Crippen LogP contribution in [0.1, 0.15) is 49.2 Å². The second kappa shape index (κ2) is 13.2. The molecular weight excluding hydrogens is 823 g/mol. The van der Waals surface area contributed by atoms with Crippen molar-refractivity contribution in [2.45, 2.75) is 87.2 Å². The Morgan fingerprint density at radius 3 is 2.16 bits per heavy atom. The fourth-order valence-electron chi connectivity index (χ4n) is 12.3. The van der Waals surface area contributed by atoms with Gasteiger partial charge in [-0.05, 0) is 30.0 Å². The standard InChI is InChI=1S/C46H45NO14S/c1-23-38(50)57-36-34(49)44-35-32(61-62(54,55)30-17-11-14-27-28(30)15-10-16-29(27)47(5)6)33(42(2,3)4)43(44)37(39(51)59-41(43)60-46(44,40(52)58-35)45(23,36)53)56-22-24-18-20-26(21-19-24)31(48)25-12-8-7-9-13-25/h7-21,23,32-37,41,49,53H,22H2,1-6H3/t23-,32-,33+,34-,35?,36?,37+,41?,43?,44?,45-,46?/m1/s1. The fourth-order valence-corrected chi connectivity index (χ4v) is 13.6. The van der Waals surface area contributed by atoms with Crippen LogP contribution in [-0.4, -0.2) is 104 Å². The van der Waals surface area contributed by atoms with Gasteiger partial charge in [-0.1, -0.05) is 99.6 Å². The highest BCUT2D eigenvalue weighted by Gasteiger charge is 3.05. The van der Waals surface area contributed by atoms with Crippen LogP contribution in [0, 0.1) is 28.1 Å². The van der Waals surface area contributed by atoms with E-state index in [0.29, 0.717) is 27.5 Å². The lowest BCUT2D eigenvalue weighted by atomic mass is 9.51. The molecule has 0 aromatic heterocycles. The molecule has 6 aliphatic rings. The summed E-state index contributed by atoms with van der Waals surface area (Å²) in [6, 6.07) is 25.3. The van der Waals surface area contributed by atoms with Crippen molar-refractivity contribution in [2.75, 3.05) is 19.0 Å². The van der Waals surface area contributed by atoms with Crippen LogP contribution in [0.3, 0.4) is 0 Å². The van der Waals surface area contributed by atoms with Gasteiger partial charge >= 0.3 is 17.9 Å². The van der Waals surface area contributed by atoms with Gasteiger partial charge in [0.1, 0.15) is 23.2 Å². The van der Waals surface area contributed by atoms with Crippen molar-refractivity contribution in [1.29, 1.82) is 0 Å². The van der Waals surface area contributed by atoms with Crippen molar-refractivity contribution < 1.29 is 65.7 Å². The van der Waals surface area contributed by atoms with E-state index in [0.717, 1.165) is 5.69 Å². The second-order valence-electron chi connectivity index (χ2n) is 18.5. The zero-order valence-electron chi connectivity index (χ0n) is 34.6. The van der Waals surface area contributed by atoms with Gasteiger partial charge in [0.15, 0.2) is 23.6 Å². The highest BCUT2D eigenvalue weighted by Crippen LogP contribution is 2.85. The summed E-state index contributed by atoms with van der Waals surface area (Å²) in [5.41, 5.74) is -8.45. The first-order chi connectivity index (χ1) is 29.3. The monoisotopic (exact) mass is 867 g/mol. The van der Waals surface area contributed by atoms with Gasteiger partial charge in [0.2, 0.25) is 11.9 Å². The number of benzene rings is 4. The molecule has 4 saturated heterocycles. The van der Waals surface area contributed by atoms with Crippen LogP contribution < -0.4 is 4.90 Å². The predicted molar refractivity (Wildman–Crippen MR) is 217 cm³/mol. The zero-order chi connectivity index (χ0) is 44.1. The maximum absolute atomic E-state index is 14.9. The van der Waals surface area contributed by atoms with E-state index in [1.165, 1.54) is 13.0 Å². The molecule has 10 rings (SSSR count). The minimum absolute atomic E-state index is 0.187. The molecule has 4 aromatic carbocycles. The van der Waals surface area contributed by atoms with E-state index in [9.17, 15) is 37.8 Å². The number of hydrogen-bond donors (Lipinski definition) is 2. The van der Waals surface area contributed by atoms with Gasteiger partial charge in [0, 0.05) is 47.6 Å². The van der Waals surface area contributed by atoms with E-state index in [1.807, 2.05) is 31.1 Å². The van der Waals surface area contributed by atoms with E-state index < -0.39 is 104 Å². The third-order valence-electron chi connectivity index (χ3n) is 14.4. The van der Waals surface area contributed by atoms with E-state index in [-0.39, 0.29) is 17.3 Å². The molecule has 2 spiro atoms. The Balaban J connectivity index is 1.13. The van der Waals surface area contributed by atoms with Gasteiger partial charge in [0.05, 0.1) is 23.4 Å². The molecular formula is C46H45NO14S. The van der Waals surface area contributed by atoms with Gasteiger partial charge in [-0.2, -0.15) is 8.42 Å². The summed E-state index contributed by atoms with van der Waals surface area (Å²) in [4.78, 5) is 57.3. The van der Waals surface area contributed by atoms with Crippen molar-refractivity contribution in [3.8, 4) is 0 Å². The third-order valence-corrected chi connectivity index (χ3v) is 15.8. The zero-order valence-corrected chi connectivity index (χ0v) is 35.5. The SMILES string of the molecule is C[C@@H]1C(=O)OC2[C@@H](O)C34C5OC(=O)C3(OC3OC(=O)[C@H](OCc6ccc(C(=O)c7ccccc7)cc6)C34[C@H](C(C)(C)C)[C@H]5OS(=O)(=O)c3cccc4c(N(C)C)cccc34)[C@]21O. The molecule has 0 bridgehead atoms. The molecule has 15 nitrogen and oxygen atoms in total. The molecule has 2 saturated carbocycles. The Morgan fingerprint density at radius 2 is 1.48 bits per heavy atom. The molecule has 0 amide bonds. The third kappa shape index (κ3) is 4.74. The van der Waals surface area contributed by atoms with Gasteiger partial charge in [-0.25, -0.2) is 9.59 Å². The Kier molecular flexibility index (Phi) is 8.66. The molecule has 2 aliphatic carbocycles. The van der Waals surface area contributed by atoms with Crippen LogP contribution in [0.25, 0.3) is 10.8 Å². The molecule has 62 heavy (non-hydrogen) atoms. The molecule has 4 aliphatic heterocycles. The van der Waals surface area contributed by atoms with E-state index in [1.54, 1.807) is 93.6 Å². The molecule has 2 N–H and O–H groups in total. The van der Waals surface area contributed by atoms with Crippen molar-refractivity contribution >= 4 is 50.3 Å². The number of ether oxygens (including phenoxy) is 5. The number of carbonyl (C=O) groups excluding carboxylic acids is 4. The fraction of sp³-hybridized carbons (Fsp3) is 0.435. The van der Waals surface area contributed by atoms with Crippen LogP contribution in [0.5, 0.6) is 0 Å². The van der Waals surface area contributed by atoms with Crippen molar-refractivity contribution in [3.05, 3.63) is 108 Å². The Labute approximate surface area is 356 Å². The number of aliphatic hydroxyl groups excluding tert-OH is 1. The quantitative estimate of drug-likeness (QED) is 0.107. The lowest BCUT2D eigenvalue weighted by molar-refractivity contribution is -0.240.